The highest BCUT2D eigenvalue weighted by Gasteiger charge is 2.24. The fraction of sp³-hybridized carbons (Fsp3) is 0.929. The second-order valence-electron chi connectivity index (χ2n) is 5.94. The van der Waals surface area contributed by atoms with E-state index in [1.54, 1.807) is 0 Å². The molecule has 0 radical (unpaired) electrons. The normalized spacial score (nSPS) is 27.1. The van der Waals surface area contributed by atoms with Gasteiger partial charge in [0.25, 0.3) is 0 Å². The monoisotopic (exact) mass is 241 g/mol. The van der Waals surface area contributed by atoms with Crippen molar-refractivity contribution in [3.63, 3.8) is 0 Å². The van der Waals surface area contributed by atoms with Gasteiger partial charge in [-0.3, -0.25) is 4.79 Å². The van der Waals surface area contributed by atoms with Gasteiger partial charge in [0.2, 0.25) is 0 Å². The molecule has 1 rings (SSSR count). The smallest absolute Gasteiger partial charge is 0.307 e. The van der Waals surface area contributed by atoms with Crippen LogP contribution in [0.2, 0.25) is 0 Å². The van der Waals surface area contributed by atoms with Crippen LogP contribution in [0.3, 0.4) is 0 Å². The van der Waals surface area contributed by atoms with Gasteiger partial charge in [0.1, 0.15) is 0 Å². The molecule has 3 nitrogen and oxygen atoms in total. The molecule has 3 heteroatoms. The Morgan fingerprint density at radius 2 is 2.00 bits per heavy atom. The minimum absolute atomic E-state index is 0.232. The molecule has 3 atom stereocenters. The van der Waals surface area contributed by atoms with Crippen molar-refractivity contribution >= 4 is 5.97 Å². The quantitative estimate of drug-likeness (QED) is 0.751. The summed E-state index contributed by atoms with van der Waals surface area (Å²) in [6.45, 7) is 7.07. The molecule has 1 fully saturated rings. The van der Waals surface area contributed by atoms with Crippen LogP contribution in [0.4, 0.5) is 0 Å². The maximum atomic E-state index is 11.1. The number of hydrogen-bond donors (Lipinski definition) is 2. The molecule has 0 spiro atoms. The lowest BCUT2D eigenvalue weighted by Crippen LogP contribution is -2.41. The van der Waals surface area contributed by atoms with Gasteiger partial charge in [0, 0.05) is 12.6 Å². The first-order valence-corrected chi connectivity index (χ1v) is 6.97. The molecule has 2 N–H and O–H groups in total. The lowest BCUT2D eigenvalue weighted by Gasteiger charge is -2.30. The molecule has 0 aromatic carbocycles. The highest BCUT2D eigenvalue weighted by atomic mass is 16.4. The van der Waals surface area contributed by atoms with Crippen molar-refractivity contribution in [1.82, 2.24) is 5.32 Å². The summed E-state index contributed by atoms with van der Waals surface area (Å²) < 4.78 is 0. The van der Waals surface area contributed by atoms with E-state index in [1.165, 1.54) is 25.7 Å². The molecule has 0 aromatic heterocycles. The van der Waals surface area contributed by atoms with E-state index in [9.17, 15) is 9.90 Å². The van der Waals surface area contributed by atoms with Crippen molar-refractivity contribution in [1.29, 1.82) is 0 Å². The molecule has 3 unspecified atom stereocenters. The third kappa shape index (κ3) is 5.07. The van der Waals surface area contributed by atoms with Crippen LogP contribution in [0.15, 0.2) is 0 Å². The number of hydrogen-bond acceptors (Lipinski definition) is 2. The van der Waals surface area contributed by atoms with E-state index in [0.29, 0.717) is 24.4 Å². The Bertz CT molecular complexity index is 240. The molecule has 0 heterocycles. The van der Waals surface area contributed by atoms with Crippen molar-refractivity contribution in [3.8, 4) is 0 Å². The SMILES string of the molecule is CC(C)CC(CNC1CCCCC1C)C(=O)O. The summed E-state index contributed by atoms with van der Waals surface area (Å²) in [5, 5.41) is 12.7. The van der Waals surface area contributed by atoms with Crippen LogP contribution >= 0.6 is 0 Å². The predicted molar refractivity (Wildman–Crippen MR) is 70.0 cm³/mol. The number of rotatable bonds is 6. The molecule has 1 aliphatic carbocycles. The average Bonchev–Trinajstić information content (AvgIpc) is 2.25. The zero-order chi connectivity index (χ0) is 12.8. The Morgan fingerprint density at radius 3 is 2.53 bits per heavy atom. The molecular formula is C14H27NO2. The molecule has 0 aromatic rings. The first-order chi connectivity index (χ1) is 8.00. The Balaban J connectivity index is 2.37. The third-order valence-corrected chi connectivity index (χ3v) is 3.84. The predicted octanol–water partition coefficient (Wildman–Crippen LogP) is 2.90. The number of carboxylic acids is 1. The standard InChI is InChI=1S/C14H27NO2/c1-10(2)8-12(14(16)17)9-15-13-7-5-4-6-11(13)3/h10-13,15H,4-9H2,1-3H3,(H,16,17). The van der Waals surface area contributed by atoms with Gasteiger partial charge in [-0.15, -0.1) is 0 Å². The summed E-state index contributed by atoms with van der Waals surface area (Å²) in [6.07, 6.45) is 5.86. The number of carbonyl (C=O) groups is 1. The van der Waals surface area contributed by atoms with E-state index >= 15 is 0 Å². The minimum atomic E-state index is -0.658. The van der Waals surface area contributed by atoms with Gasteiger partial charge in [0.05, 0.1) is 5.92 Å². The van der Waals surface area contributed by atoms with E-state index < -0.39 is 5.97 Å². The fourth-order valence-corrected chi connectivity index (χ4v) is 2.75. The number of aliphatic carboxylic acids is 1. The first kappa shape index (κ1) is 14.5. The zero-order valence-corrected chi connectivity index (χ0v) is 11.4. The Morgan fingerprint density at radius 1 is 1.35 bits per heavy atom. The van der Waals surface area contributed by atoms with Crippen LogP contribution in [0.25, 0.3) is 0 Å². The van der Waals surface area contributed by atoms with Crippen molar-refractivity contribution in [2.45, 2.75) is 58.9 Å². The molecule has 1 saturated carbocycles. The van der Waals surface area contributed by atoms with E-state index in [-0.39, 0.29) is 5.92 Å². The van der Waals surface area contributed by atoms with Crippen LogP contribution in [-0.4, -0.2) is 23.7 Å². The summed E-state index contributed by atoms with van der Waals surface area (Å²) in [6, 6.07) is 0.526. The van der Waals surface area contributed by atoms with Crippen LogP contribution in [0, 0.1) is 17.8 Å². The van der Waals surface area contributed by atoms with Crippen molar-refractivity contribution in [2.24, 2.45) is 17.8 Å². The van der Waals surface area contributed by atoms with Gasteiger partial charge in [-0.05, 0) is 31.1 Å². The second kappa shape index (κ2) is 7.00. The van der Waals surface area contributed by atoms with E-state index in [1.807, 2.05) is 0 Å². The summed E-state index contributed by atoms with van der Waals surface area (Å²) in [5.41, 5.74) is 0. The summed E-state index contributed by atoms with van der Waals surface area (Å²) in [4.78, 5) is 11.1. The topological polar surface area (TPSA) is 49.3 Å². The third-order valence-electron chi connectivity index (χ3n) is 3.84. The van der Waals surface area contributed by atoms with Gasteiger partial charge < -0.3 is 10.4 Å². The van der Waals surface area contributed by atoms with Gasteiger partial charge in [-0.2, -0.15) is 0 Å². The Kier molecular flexibility index (Phi) is 5.96. The second-order valence-corrected chi connectivity index (χ2v) is 5.94. The fourth-order valence-electron chi connectivity index (χ4n) is 2.75. The molecule has 0 saturated heterocycles. The van der Waals surface area contributed by atoms with Crippen molar-refractivity contribution < 1.29 is 9.90 Å². The van der Waals surface area contributed by atoms with Crippen molar-refractivity contribution in [2.75, 3.05) is 6.54 Å². The molecular weight excluding hydrogens is 214 g/mol. The van der Waals surface area contributed by atoms with Crippen molar-refractivity contribution in [3.05, 3.63) is 0 Å². The molecule has 17 heavy (non-hydrogen) atoms. The van der Waals surface area contributed by atoms with Crippen LogP contribution in [0.5, 0.6) is 0 Å². The number of nitrogens with one attached hydrogen (secondary N) is 1. The first-order valence-electron chi connectivity index (χ1n) is 6.97. The lowest BCUT2D eigenvalue weighted by atomic mass is 9.85. The van der Waals surface area contributed by atoms with Crippen LogP contribution < -0.4 is 5.32 Å². The van der Waals surface area contributed by atoms with E-state index in [0.717, 1.165) is 6.42 Å². The molecule has 0 amide bonds. The molecule has 0 aliphatic heterocycles. The Labute approximate surface area is 105 Å². The summed E-state index contributed by atoms with van der Waals surface area (Å²) in [7, 11) is 0. The van der Waals surface area contributed by atoms with Gasteiger partial charge in [0.15, 0.2) is 0 Å². The number of carboxylic acid groups (broad SMARTS) is 1. The maximum absolute atomic E-state index is 11.1. The van der Waals surface area contributed by atoms with Gasteiger partial charge >= 0.3 is 5.97 Å². The van der Waals surface area contributed by atoms with Crippen LogP contribution in [0.1, 0.15) is 52.9 Å². The molecule has 0 bridgehead atoms. The average molecular weight is 241 g/mol. The maximum Gasteiger partial charge on any atom is 0.307 e. The van der Waals surface area contributed by atoms with E-state index in [2.05, 4.69) is 26.1 Å². The summed E-state index contributed by atoms with van der Waals surface area (Å²) >= 11 is 0. The highest BCUT2D eigenvalue weighted by Crippen LogP contribution is 2.24. The lowest BCUT2D eigenvalue weighted by molar-refractivity contribution is -0.142. The van der Waals surface area contributed by atoms with Gasteiger partial charge in [-0.1, -0.05) is 33.6 Å². The highest BCUT2D eigenvalue weighted by molar-refractivity contribution is 5.70. The van der Waals surface area contributed by atoms with Crippen LogP contribution in [-0.2, 0) is 4.79 Å². The Hall–Kier alpha value is -0.570. The van der Waals surface area contributed by atoms with Gasteiger partial charge in [-0.25, -0.2) is 0 Å². The van der Waals surface area contributed by atoms with E-state index in [4.69, 9.17) is 0 Å². The molecule has 100 valence electrons. The molecule has 1 aliphatic rings. The summed E-state index contributed by atoms with van der Waals surface area (Å²) in [5.74, 6) is 0.248. The minimum Gasteiger partial charge on any atom is -0.481 e. The zero-order valence-electron chi connectivity index (χ0n) is 11.4. The largest absolute Gasteiger partial charge is 0.481 e.